The Morgan fingerprint density at radius 1 is 1.11 bits per heavy atom. The molecule has 2 amide bonds. The monoisotopic (exact) mass is 392 g/mol. The van der Waals surface area contributed by atoms with E-state index >= 15 is 0 Å². The molecule has 148 valence electrons. The maximum absolute atomic E-state index is 12.5. The molecule has 1 aliphatic heterocycles. The van der Waals surface area contributed by atoms with E-state index in [4.69, 9.17) is 4.74 Å². The SMILES string of the molecule is O=C(COc1ccc2c(c1)CCC(=O)N2)NCCc1ccc(C(F)(F)F)cc1. The Hall–Kier alpha value is -3.03. The fourth-order valence-electron chi connectivity index (χ4n) is 2.86. The number of alkyl halides is 3. The van der Waals surface area contributed by atoms with Gasteiger partial charge < -0.3 is 15.4 Å². The maximum Gasteiger partial charge on any atom is 0.416 e. The van der Waals surface area contributed by atoms with Gasteiger partial charge in [-0.25, -0.2) is 0 Å². The van der Waals surface area contributed by atoms with Crippen molar-refractivity contribution in [1.82, 2.24) is 5.32 Å². The van der Waals surface area contributed by atoms with Crippen molar-refractivity contribution in [2.75, 3.05) is 18.5 Å². The van der Waals surface area contributed by atoms with Gasteiger partial charge in [-0.15, -0.1) is 0 Å². The van der Waals surface area contributed by atoms with Gasteiger partial charge in [0.25, 0.3) is 5.91 Å². The molecule has 2 aromatic rings. The molecule has 0 aromatic heterocycles. The number of rotatable bonds is 6. The number of carbonyl (C=O) groups excluding carboxylic acids is 2. The topological polar surface area (TPSA) is 67.4 Å². The minimum atomic E-state index is -4.35. The molecule has 0 saturated heterocycles. The summed E-state index contributed by atoms with van der Waals surface area (Å²) in [5, 5.41) is 5.44. The molecule has 2 aromatic carbocycles. The molecule has 0 radical (unpaired) electrons. The second kappa shape index (κ2) is 8.33. The number of aryl methyl sites for hydroxylation is 1. The molecular weight excluding hydrogens is 373 g/mol. The Labute approximate surface area is 159 Å². The van der Waals surface area contributed by atoms with Crippen LogP contribution >= 0.6 is 0 Å². The molecule has 28 heavy (non-hydrogen) atoms. The number of hydrogen-bond donors (Lipinski definition) is 2. The molecule has 0 spiro atoms. The molecule has 0 unspecified atom stereocenters. The number of hydrogen-bond acceptors (Lipinski definition) is 3. The van der Waals surface area contributed by atoms with Crippen molar-refractivity contribution in [3.8, 4) is 5.75 Å². The third kappa shape index (κ3) is 5.25. The highest BCUT2D eigenvalue weighted by molar-refractivity contribution is 5.94. The molecular formula is C20H19F3N2O3. The van der Waals surface area contributed by atoms with Gasteiger partial charge in [0.2, 0.25) is 5.91 Å². The Morgan fingerprint density at radius 3 is 2.57 bits per heavy atom. The third-order valence-electron chi connectivity index (χ3n) is 4.36. The number of benzene rings is 2. The van der Waals surface area contributed by atoms with Crippen LogP contribution in [0.4, 0.5) is 18.9 Å². The van der Waals surface area contributed by atoms with E-state index in [0.29, 0.717) is 37.1 Å². The van der Waals surface area contributed by atoms with Crippen LogP contribution in [0.2, 0.25) is 0 Å². The van der Waals surface area contributed by atoms with Crippen molar-refractivity contribution in [3.63, 3.8) is 0 Å². The first-order valence-electron chi connectivity index (χ1n) is 8.80. The predicted molar refractivity (Wildman–Crippen MR) is 97.0 cm³/mol. The molecule has 1 aliphatic rings. The van der Waals surface area contributed by atoms with E-state index < -0.39 is 11.7 Å². The summed E-state index contributed by atoms with van der Waals surface area (Å²) < 4.78 is 43.0. The van der Waals surface area contributed by atoms with Gasteiger partial charge in [-0.1, -0.05) is 12.1 Å². The normalized spacial score (nSPS) is 13.5. The Morgan fingerprint density at radius 2 is 1.86 bits per heavy atom. The van der Waals surface area contributed by atoms with E-state index in [9.17, 15) is 22.8 Å². The third-order valence-corrected chi connectivity index (χ3v) is 4.36. The van der Waals surface area contributed by atoms with Gasteiger partial charge in [-0.2, -0.15) is 13.2 Å². The maximum atomic E-state index is 12.5. The second-order valence-corrected chi connectivity index (χ2v) is 6.45. The number of ether oxygens (including phenoxy) is 1. The first kappa shape index (κ1) is 19.7. The Kier molecular flexibility index (Phi) is 5.87. The van der Waals surface area contributed by atoms with Crippen molar-refractivity contribution < 1.29 is 27.5 Å². The first-order valence-corrected chi connectivity index (χ1v) is 8.80. The van der Waals surface area contributed by atoms with E-state index in [2.05, 4.69) is 10.6 Å². The number of nitrogens with one attached hydrogen (secondary N) is 2. The van der Waals surface area contributed by atoms with Crippen LogP contribution in [0.5, 0.6) is 5.75 Å². The fraction of sp³-hybridized carbons (Fsp3) is 0.300. The summed E-state index contributed by atoms with van der Waals surface area (Å²) in [4.78, 5) is 23.2. The predicted octanol–water partition coefficient (Wildman–Crippen LogP) is 3.33. The van der Waals surface area contributed by atoms with Gasteiger partial charge in [-0.3, -0.25) is 9.59 Å². The highest BCUT2D eigenvalue weighted by Gasteiger charge is 2.29. The lowest BCUT2D eigenvalue weighted by molar-refractivity contribution is -0.137. The lowest BCUT2D eigenvalue weighted by Gasteiger charge is -2.17. The Bertz CT molecular complexity index is 864. The standard InChI is InChI=1S/C20H19F3N2O3/c21-20(22,23)15-4-1-13(2-5-15)9-10-24-19(27)12-28-16-6-7-17-14(11-16)3-8-18(26)25-17/h1-2,4-7,11H,3,8-10,12H2,(H,24,27)(H,25,26). The average Bonchev–Trinajstić information content (AvgIpc) is 2.66. The molecule has 0 fully saturated rings. The van der Waals surface area contributed by atoms with Crippen LogP contribution < -0.4 is 15.4 Å². The molecule has 0 bridgehead atoms. The molecule has 2 N–H and O–H groups in total. The van der Waals surface area contributed by atoms with E-state index in [1.54, 1.807) is 18.2 Å². The molecule has 3 rings (SSSR count). The van der Waals surface area contributed by atoms with Crippen LogP contribution in [0.25, 0.3) is 0 Å². The zero-order chi connectivity index (χ0) is 20.1. The van der Waals surface area contributed by atoms with E-state index in [1.165, 1.54) is 12.1 Å². The smallest absolute Gasteiger partial charge is 0.416 e. The largest absolute Gasteiger partial charge is 0.484 e. The van der Waals surface area contributed by atoms with Crippen LogP contribution in [-0.4, -0.2) is 25.0 Å². The summed E-state index contributed by atoms with van der Waals surface area (Å²) in [5.74, 6) is 0.194. The summed E-state index contributed by atoms with van der Waals surface area (Å²) in [7, 11) is 0. The van der Waals surface area contributed by atoms with Crippen LogP contribution in [0, 0.1) is 0 Å². The van der Waals surface area contributed by atoms with Crippen LogP contribution in [0.1, 0.15) is 23.1 Å². The minimum absolute atomic E-state index is 0.0198. The summed E-state index contributed by atoms with van der Waals surface area (Å²) >= 11 is 0. The van der Waals surface area contributed by atoms with Gasteiger partial charge in [0.05, 0.1) is 5.56 Å². The number of carbonyl (C=O) groups is 2. The lowest BCUT2D eigenvalue weighted by Crippen LogP contribution is -2.30. The summed E-state index contributed by atoms with van der Waals surface area (Å²) in [5.41, 5.74) is 1.72. The first-order chi connectivity index (χ1) is 13.3. The van der Waals surface area contributed by atoms with Gasteiger partial charge in [0.1, 0.15) is 5.75 Å². The summed E-state index contributed by atoms with van der Waals surface area (Å²) in [6.07, 6.45) is -2.90. The zero-order valence-electron chi connectivity index (χ0n) is 14.9. The Balaban J connectivity index is 1.42. The van der Waals surface area contributed by atoms with Crippen molar-refractivity contribution in [1.29, 1.82) is 0 Å². The number of fused-ring (bicyclic) bond motifs is 1. The van der Waals surface area contributed by atoms with Gasteiger partial charge in [0.15, 0.2) is 6.61 Å². The van der Waals surface area contributed by atoms with E-state index in [1.807, 2.05) is 0 Å². The number of halogens is 3. The van der Waals surface area contributed by atoms with E-state index in [0.717, 1.165) is 23.4 Å². The highest BCUT2D eigenvalue weighted by Crippen LogP contribution is 2.29. The van der Waals surface area contributed by atoms with Crippen molar-refractivity contribution >= 4 is 17.5 Å². The molecule has 0 aliphatic carbocycles. The fourth-order valence-corrected chi connectivity index (χ4v) is 2.86. The molecule has 0 saturated carbocycles. The lowest BCUT2D eigenvalue weighted by atomic mass is 10.0. The molecule has 8 heteroatoms. The number of anilines is 1. The quantitative estimate of drug-likeness (QED) is 0.793. The van der Waals surface area contributed by atoms with Crippen molar-refractivity contribution in [2.24, 2.45) is 0 Å². The van der Waals surface area contributed by atoms with E-state index in [-0.39, 0.29) is 18.4 Å². The van der Waals surface area contributed by atoms with Crippen molar-refractivity contribution in [3.05, 3.63) is 59.2 Å². The zero-order valence-corrected chi connectivity index (χ0v) is 14.9. The number of amides is 2. The molecule has 1 heterocycles. The summed E-state index contributed by atoms with van der Waals surface area (Å²) in [6.45, 7) is 0.127. The van der Waals surface area contributed by atoms with Gasteiger partial charge in [-0.05, 0) is 54.3 Å². The average molecular weight is 392 g/mol. The highest BCUT2D eigenvalue weighted by atomic mass is 19.4. The van der Waals surface area contributed by atoms with Gasteiger partial charge in [0, 0.05) is 18.7 Å². The summed E-state index contributed by atoms with van der Waals surface area (Å²) in [6, 6.07) is 10.1. The van der Waals surface area contributed by atoms with Crippen LogP contribution in [0.15, 0.2) is 42.5 Å². The molecule has 0 atom stereocenters. The van der Waals surface area contributed by atoms with Crippen LogP contribution in [0.3, 0.4) is 0 Å². The van der Waals surface area contributed by atoms with Gasteiger partial charge >= 0.3 is 6.18 Å². The molecule has 5 nitrogen and oxygen atoms in total. The minimum Gasteiger partial charge on any atom is -0.484 e. The second-order valence-electron chi connectivity index (χ2n) is 6.45. The van der Waals surface area contributed by atoms with Crippen LogP contribution in [-0.2, 0) is 28.6 Å². The van der Waals surface area contributed by atoms with Crippen molar-refractivity contribution in [2.45, 2.75) is 25.4 Å².